The molecule has 4 rings (SSSR count). The van der Waals surface area contributed by atoms with Crippen molar-refractivity contribution in [1.29, 1.82) is 0 Å². The Hall–Kier alpha value is -1.97. The van der Waals surface area contributed by atoms with Crippen molar-refractivity contribution in [2.24, 2.45) is 0 Å². The number of imidazole rings is 1. The van der Waals surface area contributed by atoms with E-state index in [2.05, 4.69) is 27.2 Å². The van der Waals surface area contributed by atoms with E-state index in [-0.39, 0.29) is 12.0 Å². The van der Waals surface area contributed by atoms with Crippen LogP contribution in [-0.2, 0) is 16.0 Å². The van der Waals surface area contributed by atoms with E-state index in [9.17, 15) is 4.79 Å². The number of halogens is 1. The second kappa shape index (κ2) is 8.41. The summed E-state index contributed by atoms with van der Waals surface area (Å²) >= 11 is 7.56. The molecule has 2 aromatic heterocycles. The van der Waals surface area contributed by atoms with Gasteiger partial charge in [0.05, 0.1) is 28.6 Å². The fraction of sp³-hybridized carbons (Fsp3) is 0.400. The largest absolute Gasteiger partial charge is 0.382 e. The zero-order chi connectivity index (χ0) is 20.5. The zero-order valence-electron chi connectivity index (χ0n) is 16.5. The van der Waals surface area contributed by atoms with Crippen LogP contribution >= 0.6 is 22.9 Å². The Balaban J connectivity index is 1.58. The molecule has 3 heterocycles. The van der Waals surface area contributed by atoms with Crippen molar-refractivity contribution < 1.29 is 14.3 Å². The van der Waals surface area contributed by atoms with Crippen LogP contribution in [0, 0.1) is 0 Å². The lowest BCUT2D eigenvalue weighted by Crippen LogP contribution is -2.31. The summed E-state index contributed by atoms with van der Waals surface area (Å²) in [5.74, 6) is 0.482. The number of amides is 1. The Morgan fingerprint density at radius 2 is 2.28 bits per heavy atom. The number of carbonyl (C=O) groups is 1. The number of rotatable bonds is 6. The number of hydrogen-bond donors (Lipinski definition) is 2. The van der Waals surface area contributed by atoms with Gasteiger partial charge in [-0.1, -0.05) is 11.6 Å². The molecule has 1 aliphatic heterocycles. The lowest BCUT2D eigenvalue weighted by Gasteiger charge is -2.28. The van der Waals surface area contributed by atoms with Gasteiger partial charge in [0.2, 0.25) is 0 Å². The summed E-state index contributed by atoms with van der Waals surface area (Å²) in [5.41, 5.74) is 2.71. The first-order valence-electron chi connectivity index (χ1n) is 9.27. The summed E-state index contributed by atoms with van der Waals surface area (Å²) in [6.07, 6.45) is -0.0172. The van der Waals surface area contributed by atoms with Crippen molar-refractivity contribution >= 4 is 39.9 Å². The van der Waals surface area contributed by atoms with E-state index in [1.54, 1.807) is 26.4 Å². The third kappa shape index (κ3) is 4.17. The predicted molar refractivity (Wildman–Crippen MR) is 114 cm³/mol. The molecule has 0 aliphatic carbocycles. The number of carbonyl (C=O) groups excluding carboxylic acids is 1. The molecule has 1 aromatic carbocycles. The van der Waals surface area contributed by atoms with E-state index in [0.717, 1.165) is 34.6 Å². The van der Waals surface area contributed by atoms with Crippen LogP contribution < -0.4 is 5.32 Å². The third-order valence-corrected chi connectivity index (χ3v) is 6.39. The van der Waals surface area contributed by atoms with Gasteiger partial charge in [0.15, 0.2) is 0 Å². The van der Waals surface area contributed by atoms with Gasteiger partial charge in [-0.25, -0.2) is 4.98 Å². The molecule has 1 aliphatic rings. The molecule has 2 N–H and O–H groups in total. The lowest BCUT2D eigenvalue weighted by molar-refractivity contribution is 0.0590. The molecule has 9 heteroatoms. The van der Waals surface area contributed by atoms with Crippen LogP contribution in [0.15, 0.2) is 24.3 Å². The van der Waals surface area contributed by atoms with Gasteiger partial charge in [0.1, 0.15) is 11.9 Å². The molecule has 0 radical (unpaired) electrons. The molecule has 1 amide bonds. The number of benzene rings is 1. The summed E-state index contributed by atoms with van der Waals surface area (Å²) in [7, 11) is 5.35. The third-order valence-electron chi connectivity index (χ3n) is 5.02. The zero-order valence-corrected chi connectivity index (χ0v) is 18.1. The first kappa shape index (κ1) is 20.3. The van der Waals surface area contributed by atoms with E-state index in [1.165, 1.54) is 11.3 Å². The minimum Gasteiger partial charge on any atom is -0.382 e. The molecule has 0 saturated carbocycles. The van der Waals surface area contributed by atoms with Crippen LogP contribution in [0.25, 0.3) is 11.0 Å². The Labute approximate surface area is 178 Å². The summed E-state index contributed by atoms with van der Waals surface area (Å²) in [6, 6.07) is 7.00. The van der Waals surface area contributed by atoms with E-state index >= 15 is 0 Å². The number of aromatic amines is 1. The molecule has 154 valence electrons. The highest BCUT2D eigenvalue weighted by molar-refractivity contribution is 7.14. The van der Waals surface area contributed by atoms with Crippen molar-refractivity contribution in [3.63, 3.8) is 0 Å². The molecular formula is C20H23ClN4O3S. The van der Waals surface area contributed by atoms with Crippen LogP contribution in [0.4, 0.5) is 0 Å². The normalized spacial score (nSPS) is 18.0. The Bertz CT molecular complexity index is 1030. The van der Waals surface area contributed by atoms with E-state index in [1.807, 2.05) is 12.1 Å². The molecule has 0 saturated heterocycles. The molecule has 7 nitrogen and oxygen atoms in total. The van der Waals surface area contributed by atoms with Crippen LogP contribution in [-0.4, -0.2) is 55.2 Å². The van der Waals surface area contributed by atoms with Crippen molar-refractivity contribution in [3.05, 3.63) is 50.4 Å². The molecule has 2 atom stereocenters. The highest BCUT2D eigenvalue weighted by atomic mass is 35.5. The van der Waals surface area contributed by atoms with Crippen LogP contribution in [0.1, 0.15) is 38.1 Å². The number of likely N-dealkylation sites (N-methyl/N-ethyl adjacent to an activating group) is 1. The number of methoxy groups -OCH3 is 2. The maximum atomic E-state index is 13.0. The van der Waals surface area contributed by atoms with Crippen LogP contribution in [0.2, 0.25) is 5.02 Å². The molecular weight excluding hydrogens is 412 g/mol. The van der Waals surface area contributed by atoms with Crippen molar-refractivity contribution in [3.8, 4) is 0 Å². The summed E-state index contributed by atoms with van der Waals surface area (Å²) in [6.45, 7) is 1.93. The van der Waals surface area contributed by atoms with Crippen LogP contribution in [0.5, 0.6) is 0 Å². The average molecular weight is 435 g/mol. The second-order valence-corrected chi connectivity index (χ2v) is 8.75. The van der Waals surface area contributed by atoms with E-state index in [4.69, 9.17) is 21.1 Å². The monoisotopic (exact) mass is 434 g/mol. The van der Waals surface area contributed by atoms with Gasteiger partial charge in [0.25, 0.3) is 5.91 Å². The number of nitrogens with one attached hydrogen (secondary N) is 2. The Morgan fingerprint density at radius 1 is 1.45 bits per heavy atom. The van der Waals surface area contributed by atoms with Gasteiger partial charge < -0.3 is 19.8 Å². The molecule has 3 aromatic rings. The quantitative estimate of drug-likeness (QED) is 0.620. The Kier molecular flexibility index (Phi) is 5.89. The number of aromatic nitrogens is 2. The fourth-order valence-corrected chi connectivity index (χ4v) is 4.95. The number of thiophene rings is 1. The van der Waals surface area contributed by atoms with Gasteiger partial charge in [-0.2, -0.15) is 0 Å². The molecule has 0 spiro atoms. The highest BCUT2D eigenvalue weighted by Crippen LogP contribution is 2.34. The second-order valence-electron chi connectivity index (χ2n) is 7.18. The first-order valence-corrected chi connectivity index (χ1v) is 10.5. The molecule has 0 fully saturated rings. The molecule has 1 unspecified atom stereocenters. The highest BCUT2D eigenvalue weighted by Gasteiger charge is 2.28. The Morgan fingerprint density at radius 3 is 3.03 bits per heavy atom. The summed E-state index contributed by atoms with van der Waals surface area (Å²) < 4.78 is 10.9. The number of nitrogens with zero attached hydrogens (tertiary/aromatic N) is 2. The number of H-pyrrole nitrogens is 1. The molecule has 29 heavy (non-hydrogen) atoms. The lowest BCUT2D eigenvalue weighted by atomic mass is 10.1. The van der Waals surface area contributed by atoms with Gasteiger partial charge in [-0.05, 0) is 36.9 Å². The summed E-state index contributed by atoms with van der Waals surface area (Å²) in [5, 5.41) is 3.66. The topological polar surface area (TPSA) is 79.5 Å². The predicted octanol–water partition coefficient (Wildman–Crippen LogP) is 3.53. The van der Waals surface area contributed by atoms with Gasteiger partial charge >= 0.3 is 0 Å². The van der Waals surface area contributed by atoms with Gasteiger partial charge in [-0.3, -0.25) is 9.69 Å². The first-order chi connectivity index (χ1) is 14.0. The van der Waals surface area contributed by atoms with E-state index in [0.29, 0.717) is 22.3 Å². The van der Waals surface area contributed by atoms with Crippen molar-refractivity contribution in [2.75, 3.05) is 34.4 Å². The van der Waals surface area contributed by atoms with Crippen molar-refractivity contribution in [2.45, 2.75) is 18.7 Å². The minimum atomic E-state index is -0.404. The number of hydrogen-bond acceptors (Lipinski definition) is 6. The van der Waals surface area contributed by atoms with Crippen LogP contribution in [0.3, 0.4) is 0 Å². The van der Waals surface area contributed by atoms with E-state index < -0.39 is 6.04 Å². The maximum Gasteiger partial charge on any atom is 0.262 e. The smallest absolute Gasteiger partial charge is 0.262 e. The van der Waals surface area contributed by atoms with Gasteiger partial charge in [-0.15, -0.1) is 11.3 Å². The standard InChI is InChI=1S/C20H23ClN4O3S/c1-25-8-16(28-3)12-7-17(29-18(12)9-25)20(26)24-15(10-27-2)19-22-13-5-4-11(21)6-14(13)23-19/h4-7,15-16H,8-10H2,1-3H3,(H,22,23)(H,24,26)/t15-,16?/m0/s1. The number of ether oxygens (including phenoxy) is 2. The van der Waals surface area contributed by atoms with Crippen molar-refractivity contribution in [1.82, 2.24) is 20.2 Å². The average Bonchev–Trinajstić information content (AvgIpc) is 3.30. The SMILES string of the molecule is COC[C@H](NC(=O)c1cc2c(s1)CN(C)CC2OC)c1nc2cc(Cl)ccc2[nH]1. The minimum absolute atomic E-state index is 0.0172. The maximum absolute atomic E-state index is 13.0. The number of fused-ring (bicyclic) bond motifs is 2. The molecule has 0 bridgehead atoms. The summed E-state index contributed by atoms with van der Waals surface area (Å²) in [4.78, 5) is 24.8. The van der Waals surface area contributed by atoms with Gasteiger partial charge in [0, 0.05) is 37.2 Å². The fourth-order valence-electron chi connectivity index (χ4n) is 3.59.